The molecule has 1 heterocycles. The third-order valence-electron chi connectivity index (χ3n) is 1.97. The van der Waals surface area contributed by atoms with Gasteiger partial charge in [0, 0.05) is 5.54 Å². The Labute approximate surface area is 102 Å². The number of nitrogens with zero attached hydrogens (tertiary/aromatic N) is 3. The van der Waals surface area contributed by atoms with Crippen LogP contribution in [0.25, 0.3) is 0 Å². The van der Waals surface area contributed by atoms with Gasteiger partial charge in [-0.2, -0.15) is 10.1 Å². The predicted molar refractivity (Wildman–Crippen MR) is 66.6 cm³/mol. The molecule has 16 heavy (non-hydrogen) atoms. The van der Waals surface area contributed by atoms with Crippen LogP contribution in [0.5, 0.6) is 0 Å². The summed E-state index contributed by atoms with van der Waals surface area (Å²) in [6.45, 7) is 10.9. The molecule has 1 aromatic heterocycles. The van der Waals surface area contributed by atoms with E-state index in [1.165, 1.54) is 0 Å². The van der Waals surface area contributed by atoms with Crippen molar-refractivity contribution in [3.63, 3.8) is 0 Å². The predicted octanol–water partition coefficient (Wildman–Crippen LogP) is 3.15. The summed E-state index contributed by atoms with van der Waals surface area (Å²) in [5, 5.41) is 10.8. The van der Waals surface area contributed by atoms with E-state index in [4.69, 9.17) is 11.6 Å². The molecular weight excluding hydrogens is 224 g/mol. The van der Waals surface area contributed by atoms with Crippen molar-refractivity contribution >= 4 is 17.4 Å². The van der Waals surface area contributed by atoms with Gasteiger partial charge in [-0.15, -0.1) is 5.10 Å². The molecule has 0 amide bonds. The van der Waals surface area contributed by atoms with E-state index in [1.54, 1.807) is 6.20 Å². The van der Waals surface area contributed by atoms with E-state index < -0.39 is 0 Å². The number of aromatic nitrogens is 3. The molecule has 0 spiro atoms. The zero-order chi connectivity index (χ0) is 12.4. The van der Waals surface area contributed by atoms with Gasteiger partial charge < -0.3 is 5.32 Å². The van der Waals surface area contributed by atoms with Crippen molar-refractivity contribution in [3.05, 3.63) is 11.5 Å². The topological polar surface area (TPSA) is 50.7 Å². The molecule has 4 nitrogen and oxygen atoms in total. The first-order chi connectivity index (χ1) is 7.18. The molecule has 0 radical (unpaired) electrons. The van der Waals surface area contributed by atoms with Gasteiger partial charge in [0.05, 0.1) is 6.20 Å². The van der Waals surface area contributed by atoms with Crippen LogP contribution in [0.2, 0.25) is 5.28 Å². The summed E-state index contributed by atoms with van der Waals surface area (Å²) in [6.07, 6.45) is 2.60. The molecule has 1 N–H and O–H groups in total. The largest absolute Gasteiger partial charge is 0.364 e. The van der Waals surface area contributed by atoms with E-state index in [9.17, 15) is 0 Å². The Morgan fingerprint density at radius 1 is 1.25 bits per heavy atom. The number of anilines is 1. The summed E-state index contributed by atoms with van der Waals surface area (Å²) in [5.41, 5.74) is 0.193. The maximum absolute atomic E-state index is 5.68. The normalized spacial score (nSPS) is 12.6. The van der Waals surface area contributed by atoms with Crippen molar-refractivity contribution in [2.75, 3.05) is 5.32 Å². The van der Waals surface area contributed by atoms with Crippen LogP contribution >= 0.6 is 11.6 Å². The van der Waals surface area contributed by atoms with Crippen molar-refractivity contribution in [2.45, 2.75) is 46.6 Å². The standard InChI is InChI=1S/C11H19ClN4/c1-10(2,3)7-11(4,5)15-8-6-13-16-9(12)14-8/h6H,7H2,1-5H3,(H,14,15,16). The van der Waals surface area contributed by atoms with Crippen molar-refractivity contribution in [1.29, 1.82) is 0 Å². The average Bonchev–Trinajstić information content (AvgIpc) is 1.96. The molecule has 1 rings (SSSR count). The number of nitrogens with one attached hydrogen (secondary N) is 1. The summed E-state index contributed by atoms with van der Waals surface area (Å²) in [4.78, 5) is 4.07. The molecule has 0 unspecified atom stereocenters. The van der Waals surface area contributed by atoms with Gasteiger partial charge in [-0.05, 0) is 37.3 Å². The SMILES string of the molecule is CC(C)(C)CC(C)(C)Nc1cnnc(Cl)n1. The molecular formula is C11H19ClN4. The Morgan fingerprint density at radius 3 is 2.38 bits per heavy atom. The lowest BCUT2D eigenvalue weighted by Crippen LogP contribution is -2.35. The first kappa shape index (κ1) is 13.2. The number of hydrogen-bond acceptors (Lipinski definition) is 4. The summed E-state index contributed by atoms with van der Waals surface area (Å²) < 4.78 is 0. The summed E-state index contributed by atoms with van der Waals surface area (Å²) in [5.74, 6) is 0.661. The van der Waals surface area contributed by atoms with Gasteiger partial charge in [0.15, 0.2) is 0 Å². The fourth-order valence-corrected chi connectivity index (χ4v) is 2.19. The van der Waals surface area contributed by atoms with Crippen LogP contribution in [-0.2, 0) is 0 Å². The highest BCUT2D eigenvalue weighted by atomic mass is 35.5. The van der Waals surface area contributed by atoms with E-state index in [0.29, 0.717) is 5.82 Å². The molecule has 0 fully saturated rings. The smallest absolute Gasteiger partial charge is 0.244 e. The second kappa shape index (κ2) is 4.53. The molecule has 5 heteroatoms. The van der Waals surface area contributed by atoms with E-state index in [0.717, 1.165) is 6.42 Å². The molecule has 0 aliphatic rings. The van der Waals surface area contributed by atoms with E-state index in [1.807, 2.05) is 0 Å². The van der Waals surface area contributed by atoms with Crippen molar-refractivity contribution < 1.29 is 0 Å². The maximum atomic E-state index is 5.68. The lowest BCUT2D eigenvalue weighted by molar-refractivity contribution is 0.302. The van der Waals surface area contributed by atoms with Gasteiger partial charge in [-0.1, -0.05) is 20.8 Å². The van der Waals surface area contributed by atoms with Gasteiger partial charge in [0.1, 0.15) is 5.82 Å². The minimum absolute atomic E-state index is 0.0579. The van der Waals surface area contributed by atoms with Gasteiger partial charge in [0.2, 0.25) is 5.28 Å². The van der Waals surface area contributed by atoms with Crippen LogP contribution in [0.15, 0.2) is 6.20 Å². The molecule has 0 saturated heterocycles. The van der Waals surface area contributed by atoms with Crippen LogP contribution in [0.3, 0.4) is 0 Å². The van der Waals surface area contributed by atoms with Crippen LogP contribution < -0.4 is 5.32 Å². The minimum atomic E-state index is -0.0579. The highest BCUT2D eigenvalue weighted by Crippen LogP contribution is 2.29. The van der Waals surface area contributed by atoms with Crippen molar-refractivity contribution in [1.82, 2.24) is 15.2 Å². The van der Waals surface area contributed by atoms with Crippen molar-refractivity contribution in [2.24, 2.45) is 5.41 Å². The van der Waals surface area contributed by atoms with E-state index in [-0.39, 0.29) is 16.2 Å². The third-order valence-corrected chi connectivity index (χ3v) is 2.13. The Bertz CT molecular complexity index is 357. The summed E-state index contributed by atoms with van der Waals surface area (Å²) in [7, 11) is 0. The second-order valence-corrected chi connectivity index (χ2v) is 6.20. The number of rotatable bonds is 3. The van der Waals surface area contributed by atoms with Gasteiger partial charge in [0.25, 0.3) is 0 Å². The van der Waals surface area contributed by atoms with Crippen LogP contribution in [0, 0.1) is 5.41 Å². The quantitative estimate of drug-likeness (QED) is 0.885. The molecule has 0 aromatic carbocycles. The Balaban J connectivity index is 2.72. The first-order valence-electron chi connectivity index (χ1n) is 5.31. The molecule has 0 bridgehead atoms. The van der Waals surface area contributed by atoms with Crippen LogP contribution in [-0.4, -0.2) is 20.7 Å². The lowest BCUT2D eigenvalue weighted by atomic mass is 9.82. The highest BCUT2D eigenvalue weighted by Gasteiger charge is 2.25. The molecule has 1 aromatic rings. The molecule has 0 atom stereocenters. The molecule has 90 valence electrons. The Hall–Kier alpha value is -0.900. The average molecular weight is 243 g/mol. The third kappa shape index (κ3) is 4.75. The van der Waals surface area contributed by atoms with Crippen LogP contribution in [0.1, 0.15) is 41.0 Å². The number of hydrogen-bond donors (Lipinski definition) is 1. The Kier molecular flexibility index (Phi) is 3.73. The zero-order valence-corrected chi connectivity index (χ0v) is 11.3. The first-order valence-corrected chi connectivity index (χ1v) is 5.69. The van der Waals surface area contributed by atoms with E-state index >= 15 is 0 Å². The molecule has 0 aliphatic heterocycles. The fraction of sp³-hybridized carbons (Fsp3) is 0.727. The number of halogens is 1. The molecule has 0 aliphatic carbocycles. The van der Waals surface area contributed by atoms with Gasteiger partial charge >= 0.3 is 0 Å². The van der Waals surface area contributed by atoms with E-state index in [2.05, 4.69) is 55.1 Å². The molecule has 0 saturated carbocycles. The minimum Gasteiger partial charge on any atom is -0.364 e. The summed E-state index contributed by atoms with van der Waals surface area (Å²) in [6, 6.07) is 0. The fourth-order valence-electron chi connectivity index (χ4n) is 2.06. The van der Waals surface area contributed by atoms with Gasteiger partial charge in [-0.25, -0.2) is 0 Å². The highest BCUT2D eigenvalue weighted by molar-refractivity contribution is 6.28. The second-order valence-electron chi connectivity index (χ2n) is 5.86. The summed E-state index contributed by atoms with van der Waals surface area (Å²) >= 11 is 5.68. The lowest BCUT2D eigenvalue weighted by Gasteiger charge is -2.33. The Morgan fingerprint density at radius 2 is 1.88 bits per heavy atom. The monoisotopic (exact) mass is 242 g/mol. The maximum Gasteiger partial charge on any atom is 0.244 e. The van der Waals surface area contributed by atoms with Crippen LogP contribution in [0.4, 0.5) is 5.82 Å². The van der Waals surface area contributed by atoms with Crippen molar-refractivity contribution in [3.8, 4) is 0 Å². The van der Waals surface area contributed by atoms with Gasteiger partial charge in [-0.3, -0.25) is 0 Å². The zero-order valence-electron chi connectivity index (χ0n) is 10.5.